The van der Waals surface area contributed by atoms with Crippen LogP contribution in [0.2, 0.25) is 0 Å². The first-order chi connectivity index (χ1) is 8.33. The summed E-state index contributed by atoms with van der Waals surface area (Å²) in [4.78, 5) is 0. The van der Waals surface area contributed by atoms with Crippen LogP contribution in [-0.2, 0) is 0 Å². The zero-order valence-corrected chi connectivity index (χ0v) is 9.93. The van der Waals surface area contributed by atoms with Crippen LogP contribution in [0.5, 0.6) is 5.75 Å². The van der Waals surface area contributed by atoms with Crippen LogP contribution >= 0.6 is 0 Å². The smallest absolute Gasteiger partial charge is 0.389 e. The van der Waals surface area contributed by atoms with E-state index in [1.807, 2.05) is 0 Å². The summed E-state index contributed by atoms with van der Waals surface area (Å²) in [7, 11) is 1.33. The molecular weight excluding hydrogens is 250 g/mol. The molecule has 6 heteroatoms. The van der Waals surface area contributed by atoms with E-state index in [1.165, 1.54) is 19.2 Å². The van der Waals surface area contributed by atoms with E-state index in [0.29, 0.717) is 5.56 Å². The molecular formula is C12H15F4NO. The minimum atomic E-state index is -4.18. The van der Waals surface area contributed by atoms with E-state index >= 15 is 0 Å². The highest BCUT2D eigenvalue weighted by molar-refractivity contribution is 5.30. The maximum atomic E-state index is 13.4. The monoisotopic (exact) mass is 265 g/mol. The molecule has 0 saturated heterocycles. The lowest BCUT2D eigenvalue weighted by molar-refractivity contribution is -0.135. The summed E-state index contributed by atoms with van der Waals surface area (Å²) in [6.07, 6.45) is -4.96. The third kappa shape index (κ3) is 4.52. The zero-order valence-electron chi connectivity index (χ0n) is 9.93. The van der Waals surface area contributed by atoms with Crippen LogP contribution in [0.4, 0.5) is 17.6 Å². The van der Waals surface area contributed by atoms with Crippen LogP contribution in [0.25, 0.3) is 0 Å². The van der Waals surface area contributed by atoms with Gasteiger partial charge in [0.2, 0.25) is 0 Å². The van der Waals surface area contributed by atoms with Gasteiger partial charge in [0, 0.05) is 12.5 Å². The highest BCUT2D eigenvalue weighted by Crippen LogP contribution is 2.27. The second-order valence-corrected chi connectivity index (χ2v) is 4.01. The van der Waals surface area contributed by atoms with Crippen molar-refractivity contribution in [2.75, 3.05) is 7.11 Å². The third-order valence-electron chi connectivity index (χ3n) is 2.58. The van der Waals surface area contributed by atoms with Gasteiger partial charge in [-0.05, 0) is 30.5 Å². The Hall–Kier alpha value is -1.30. The molecule has 2 nitrogen and oxygen atoms in total. The zero-order chi connectivity index (χ0) is 13.8. The van der Waals surface area contributed by atoms with Crippen LogP contribution < -0.4 is 10.5 Å². The summed E-state index contributed by atoms with van der Waals surface area (Å²) in [5.74, 6) is -0.484. The van der Waals surface area contributed by atoms with Crippen molar-refractivity contribution in [3.8, 4) is 5.75 Å². The molecule has 0 aliphatic rings. The van der Waals surface area contributed by atoms with Crippen molar-refractivity contribution in [2.45, 2.75) is 31.5 Å². The van der Waals surface area contributed by atoms with Gasteiger partial charge in [-0.15, -0.1) is 0 Å². The Balaban J connectivity index is 2.56. The number of ether oxygens (including phenoxy) is 1. The molecule has 1 atom stereocenters. The van der Waals surface area contributed by atoms with Crippen LogP contribution in [0, 0.1) is 5.82 Å². The second-order valence-electron chi connectivity index (χ2n) is 4.01. The van der Waals surface area contributed by atoms with Crippen molar-refractivity contribution in [3.63, 3.8) is 0 Å². The number of rotatable bonds is 5. The number of nitrogens with two attached hydrogens (primary N) is 1. The molecule has 0 spiro atoms. The largest absolute Gasteiger partial charge is 0.494 e. The summed E-state index contributed by atoms with van der Waals surface area (Å²) < 4.78 is 54.0. The Morgan fingerprint density at radius 3 is 2.50 bits per heavy atom. The molecule has 0 aliphatic heterocycles. The molecule has 0 saturated carbocycles. The van der Waals surface area contributed by atoms with Crippen molar-refractivity contribution in [1.29, 1.82) is 0 Å². The summed E-state index contributed by atoms with van der Waals surface area (Å²) in [5.41, 5.74) is 6.18. The SMILES string of the molecule is COc1ccc(C(N)CCCC(F)(F)F)cc1F. The quantitative estimate of drug-likeness (QED) is 0.826. The highest BCUT2D eigenvalue weighted by atomic mass is 19.4. The molecule has 0 fully saturated rings. The Bertz CT molecular complexity index is 392. The minimum Gasteiger partial charge on any atom is -0.494 e. The number of methoxy groups -OCH3 is 1. The van der Waals surface area contributed by atoms with Crippen molar-refractivity contribution in [1.82, 2.24) is 0 Å². The number of hydrogen-bond acceptors (Lipinski definition) is 2. The van der Waals surface area contributed by atoms with Gasteiger partial charge in [0.1, 0.15) is 0 Å². The van der Waals surface area contributed by atoms with Gasteiger partial charge in [-0.25, -0.2) is 4.39 Å². The van der Waals surface area contributed by atoms with Crippen LogP contribution in [-0.4, -0.2) is 13.3 Å². The lowest BCUT2D eigenvalue weighted by Gasteiger charge is -2.13. The molecule has 18 heavy (non-hydrogen) atoms. The summed E-state index contributed by atoms with van der Waals surface area (Å²) in [6.45, 7) is 0. The Morgan fingerprint density at radius 2 is 2.00 bits per heavy atom. The molecule has 2 N–H and O–H groups in total. The molecule has 0 heterocycles. The van der Waals surface area contributed by atoms with Gasteiger partial charge in [-0.2, -0.15) is 13.2 Å². The molecule has 0 amide bonds. The molecule has 0 radical (unpaired) electrons. The van der Waals surface area contributed by atoms with E-state index in [9.17, 15) is 17.6 Å². The van der Waals surface area contributed by atoms with E-state index in [4.69, 9.17) is 10.5 Å². The summed E-state index contributed by atoms with van der Waals surface area (Å²) in [5, 5.41) is 0. The van der Waals surface area contributed by atoms with Gasteiger partial charge < -0.3 is 10.5 Å². The summed E-state index contributed by atoms with van der Waals surface area (Å²) in [6, 6.07) is 3.55. The Labute approximate surface area is 103 Å². The predicted molar refractivity (Wildman–Crippen MR) is 59.8 cm³/mol. The van der Waals surface area contributed by atoms with Crippen LogP contribution in [0.15, 0.2) is 18.2 Å². The number of alkyl halides is 3. The first kappa shape index (κ1) is 14.8. The van der Waals surface area contributed by atoms with E-state index in [0.717, 1.165) is 0 Å². The molecule has 102 valence electrons. The van der Waals surface area contributed by atoms with Gasteiger partial charge in [0.05, 0.1) is 7.11 Å². The first-order valence-electron chi connectivity index (χ1n) is 5.49. The fraction of sp³-hybridized carbons (Fsp3) is 0.500. The number of benzene rings is 1. The molecule has 0 aliphatic carbocycles. The average molecular weight is 265 g/mol. The van der Waals surface area contributed by atoms with Crippen molar-refractivity contribution in [3.05, 3.63) is 29.6 Å². The highest BCUT2D eigenvalue weighted by Gasteiger charge is 2.26. The van der Waals surface area contributed by atoms with Crippen molar-refractivity contribution < 1.29 is 22.3 Å². The maximum absolute atomic E-state index is 13.4. The standard InChI is InChI=1S/C12H15F4NO/c1-18-11-5-4-8(7-9(11)13)10(17)3-2-6-12(14,15)16/h4-5,7,10H,2-3,6,17H2,1H3. The minimum absolute atomic E-state index is 0.0711. The lowest BCUT2D eigenvalue weighted by atomic mass is 10.0. The fourth-order valence-corrected chi connectivity index (χ4v) is 1.60. The third-order valence-corrected chi connectivity index (χ3v) is 2.58. The molecule has 0 bridgehead atoms. The molecule has 1 aromatic rings. The normalized spacial score (nSPS) is 13.4. The average Bonchev–Trinajstić information content (AvgIpc) is 2.27. The number of halogens is 4. The van der Waals surface area contributed by atoms with Gasteiger partial charge in [0.15, 0.2) is 11.6 Å². The van der Waals surface area contributed by atoms with E-state index in [1.54, 1.807) is 6.07 Å². The van der Waals surface area contributed by atoms with Crippen molar-refractivity contribution in [2.24, 2.45) is 5.73 Å². The van der Waals surface area contributed by atoms with Gasteiger partial charge in [-0.1, -0.05) is 6.07 Å². The lowest BCUT2D eigenvalue weighted by Crippen LogP contribution is -2.13. The van der Waals surface area contributed by atoms with Gasteiger partial charge in [-0.3, -0.25) is 0 Å². The molecule has 1 rings (SSSR count). The van der Waals surface area contributed by atoms with Gasteiger partial charge >= 0.3 is 6.18 Å². The van der Waals surface area contributed by atoms with Crippen LogP contribution in [0.1, 0.15) is 30.9 Å². The second kappa shape index (κ2) is 6.04. The number of hydrogen-bond donors (Lipinski definition) is 1. The van der Waals surface area contributed by atoms with Crippen LogP contribution in [0.3, 0.4) is 0 Å². The summed E-state index contributed by atoms with van der Waals surface area (Å²) >= 11 is 0. The molecule has 0 aromatic heterocycles. The predicted octanol–water partition coefficient (Wildman–Crippen LogP) is 3.57. The van der Waals surface area contributed by atoms with E-state index in [-0.39, 0.29) is 18.6 Å². The molecule has 1 unspecified atom stereocenters. The Morgan fingerprint density at radius 1 is 1.33 bits per heavy atom. The Kier molecular flexibility index (Phi) is 4.95. The maximum Gasteiger partial charge on any atom is 0.389 e. The topological polar surface area (TPSA) is 35.2 Å². The molecule has 1 aromatic carbocycles. The van der Waals surface area contributed by atoms with E-state index < -0.39 is 24.5 Å². The van der Waals surface area contributed by atoms with Crippen molar-refractivity contribution >= 4 is 0 Å². The fourth-order valence-electron chi connectivity index (χ4n) is 1.60. The first-order valence-corrected chi connectivity index (χ1v) is 5.49. The van der Waals surface area contributed by atoms with E-state index in [2.05, 4.69) is 0 Å². The van der Waals surface area contributed by atoms with Gasteiger partial charge in [0.25, 0.3) is 0 Å².